The van der Waals surface area contributed by atoms with Crippen LogP contribution in [0.5, 0.6) is 0 Å². The molecule has 10 heteroatoms. The van der Waals surface area contributed by atoms with E-state index in [1.165, 1.54) is 12.1 Å². The highest BCUT2D eigenvalue weighted by Crippen LogP contribution is 2.79. The number of nitro benzene ring substituents is 1. The van der Waals surface area contributed by atoms with Gasteiger partial charge in [0.15, 0.2) is 10.8 Å². The molecule has 9 nitrogen and oxygen atoms in total. The number of fused-ring (bicyclic) bond motifs is 2. The molecule has 0 amide bonds. The average molecular weight is 361 g/mol. The summed E-state index contributed by atoms with van der Waals surface area (Å²) >= 11 is 5.86. The van der Waals surface area contributed by atoms with Crippen molar-refractivity contribution in [3.8, 4) is 12.1 Å². The Morgan fingerprint density at radius 1 is 1.36 bits per heavy atom. The zero-order valence-corrected chi connectivity index (χ0v) is 13.4. The SMILES string of the molecule is N#C[C@@]12C(N)=[NH+]C3(OCCO3)[C@]1(C#N)[C@@H]2c1ccc(Cl)c([N+](=O)[O-])c1. The van der Waals surface area contributed by atoms with Gasteiger partial charge in [-0.2, -0.15) is 10.5 Å². The summed E-state index contributed by atoms with van der Waals surface area (Å²) < 4.78 is 11.3. The first-order chi connectivity index (χ1) is 11.9. The predicted molar refractivity (Wildman–Crippen MR) is 81.7 cm³/mol. The van der Waals surface area contributed by atoms with Crippen molar-refractivity contribution < 1.29 is 19.4 Å². The summed E-state index contributed by atoms with van der Waals surface area (Å²) in [6.45, 7) is 0.470. The van der Waals surface area contributed by atoms with Gasteiger partial charge in [-0.1, -0.05) is 17.7 Å². The molecule has 1 saturated heterocycles. The molecule has 2 fully saturated rings. The second-order valence-corrected chi connectivity index (χ2v) is 6.50. The summed E-state index contributed by atoms with van der Waals surface area (Å²) in [7, 11) is 0. The van der Waals surface area contributed by atoms with Crippen molar-refractivity contribution >= 4 is 23.1 Å². The second-order valence-electron chi connectivity index (χ2n) is 6.09. The summed E-state index contributed by atoms with van der Waals surface area (Å²) in [5, 5.41) is 30.9. The first kappa shape index (κ1) is 15.8. The topological polar surface area (TPSA) is 149 Å². The zero-order valence-electron chi connectivity index (χ0n) is 12.7. The van der Waals surface area contributed by atoms with Crippen LogP contribution in [-0.4, -0.2) is 29.9 Å². The van der Waals surface area contributed by atoms with Crippen LogP contribution < -0.4 is 10.7 Å². The molecule has 1 spiro atoms. The van der Waals surface area contributed by atoms with Crippen molar-refractivity contribution in [1.29, 1.82) is 10.5 Å². The predicted octanol–water partition coefficient (Wildman–Crippen LogP) is -0.483. The van der Waals surface area contributed by atoms with Crippen molar-refractivity contribution in [1.82, 2.24) is 0 Å². The number of halogens is 1. The van der Waals surface area contributed by atoms with Crippen LogP contribution >= 0.6 is 11.6 Å². The van der Waals surface area contributed by atoms with Gasteiger partial charge in [0.2, 0.25) is 0 Å². The minimum Gasteiger partial charge on any atom is -0.311 e. The van der Waals surface area contributed by atoms with E-state index in [1.54, 1.807) is 6.07 Å². The standard InChI is InChI=1S/C15H10ClN5O4/c16-9-2-1-8(5-10(9)21(22)23)11-13(6-17)12(19)20-15(14(11,13)7-18)24-3-4-25-15/h1-2,5,11H,3-4H2,(H2,19,20)/p+1/t11-,13-,14-/m1/s1. The minimum absolute atomic E-state index is 0.0327. The lowest BCUT2D eigenvalue weighted by Gasteiger charge is -2.23. The van der Waals surface area contributed by atoms with Crippen molar-refractivity contribution in [3.63, 3.8) is 0 Å². The molecule has 1 saturated carbocycles. The molecule has 1 aromatic rings. The van der Waals surface area contributed by atoms with E-state index in [9.17, 15) is 20.6 Å². The van der Waals surface area contributed by atoms with Gasteiger partial charge in [0.25, 0.3) is 11.5 Å². The van der Waals surface area contributed by atoms with Gasteiger partial charge in [0.05, 0.1) is 30.3 Å². The lowest BCUT2D eigenvalue weighted by Crippen LogP contribution is -2.89. The van der Waals surface area contributed by atoms with Crippen LogP contribution in [0, 0.1) is 43.6 Å². The van der Waals surface area contributed by atoms with E-state index in [0.29, 0.717) is 5.56 Å². The number of benzene rings is 1. The maximum Gasteiger partial charge on any atom is 0.343 e. The third-order valence-electron chi connectivity index (χ3n) is 5.19. The highest BCUT2D eigenvalue weighted by atomic mass is 35.5. The molecule has 126 valence electrons. The molecule has 0 radical (unpaired) electrons. The Morgan fingerprint density at radius 3 is 2.60 bits per heavy atom. The summed E-state index contributed by atoms with van der Waals surface area (Å²) in [6, 6.07) is 8.43. The number of hydrogen-bond acceptors (Lipinski definition) is 7. The quantitative estimate of drug-likeness (QED) is 0.534. The molecule has 0 bridgehead atoms. The van der Waals surface area contributed by atoms with Crippen molar-refractivity contribution in [2.75, 3.05) is 13.2 Å². The fraction of sp³-hybridized carbons (Fsp3) is 0.400. The van der Waals surface area contributed by atoms with E-state index in [-0.39, 0.29) is 29.8 Å². The van der Waals surface area contributed by atoms with E-state index in [2.05, 4.69) is 17.1 Å². The van der Waals surface area contributed by atoms with Crippen LogP contribution in [0.15, 0.2) is 18.2 Å². The van der Waals surface area contributed by atoms with Gasteiger partial charge in [-0.3, -0.25) is 15.8 Å². The fourth-order valence-corrected chi connectivity index (χ4v) is 4.35. The van der Waals surface area contributed by atoms with Crippen LogP contribution in [0.3, 0.4) is 0 Å². The second kappa shape index (κ2) is 4.67. The van der Waals surface area contributed by atoms with Gasteiger partial charge in [-0.05, 0) is 11.6 Å². The molecule has 1 aliphatic carbocycles. The molecule has 4 rings (SSSR count). The van der Waals surface area contributed by atoms with Gasteiger partial charge in [0.1, 0.15) is 5.02 Å². The number of nitriles is 2. The molecule has 2 heterocycles. The number of nitrogens with two attached hydrogens (primary N) is 1. The monoisotopic (exact) mass is 360 g/mol. The van der Waals surface area contributed by atoms with Crippen molar-refractivity contribution in [2.24, 2.45) is 16.6 Å². The van der Waals surface area contributed by atoms with Crippen LogP contribution in [0.4, 0.5) is 5.69 Å². The fourth-order valence-electron chi connectivity index (χ4n) is 4.17. The molecule has 1 aromatic carbocycles. The Bertz CT molecular complexity index is 929. The highest BCUT2D eigenvalue weighted by molar-refractivity contribution is 6.32. The van der Waals surface area contributed by atoms with Gasteiger partial charge in [0, 0.05) is 12.0 Å². The van der Waals surface area contributed by atoms with Crippen LogP contribution in [0.2, 0.25) is 5.02 Å². The summed E-state index contributed by atoms with van der Waals surface area (Å²) in [4.78, 5) is 13.4. The van der Waals surface area contributed by atoms with Crippen LogP contribution in [0.25, 0.3) is 0 Å². The Kier molecular flexibility index (Phi) is 2.95. The number of nitrogens with one attached hydrogen (secondary N) is 1. The molecule has 25 heavy (non-hydrogen) atoms. The van der Waals surface area contributed by atoms with Crippen LogP contribution in [0.1, 0.15) is 11.5 Å². The summed E-state index contributed by atoms with van der Waals surface area (Å²) in [5.41, 5.74) is 3.29. The van der Waals surface area contributed by atoms with Gasteiger partial charge in [-0.15, -0.1) is 0 Å². The van der Waals surface area contributed by atoms with E-state index in [4.69, 9.17) is 26.8 Å². The molecule has 3 N–H and O–H groups in total. The van der Waals surface area contributed by atoms with Crippen molar-refractivity contribution in [2.45, 2.75) is 11.8 Å². The van der Waals surface area contributed by atoms with Gasteiger partial charge >= 0.3 is 5.91 Å². The number of nitro groups is 1. The largest absolute Gasteiger partial charge is 0.343 e. The maximum absolute atomic E-state index is 11.2. The lowest BCUT2D eigenvalue weighted by atomic mass is 9.94. The number of rotatable bonds is 2. The summed E-state index contributed by atoms with van der Waals surface area (Å²) in [5.74, 6) is -2.23. The molecule has 2 aliphatic heterocycles. The maximum atomic E-state index is 11.2. The molecular weight excluding hydrogens is 350 g/mol. The smallest absolute Gasteiger partial charge is 0.311 e. The van der Waals surface area contributed by atoms with Crippen LogP contribution in [-0.2, 0) is 9.47 Å². The Balaban J connectivity index is 1.92. The molecule has 0 unspecified atom stereocenters. The molecule has 3 aliphatic rings. The average Bonchev–Trinajstić information content (AvgIpc) is 2.83. The first-order valence-corrected chi connectivity index (χ1v) is 7.73. The lowest BCUT2D eigenvalue weighted by molar-refractivity contribution is -0.676. The minimum atomic E-state index is -1.54. The normalized spacial score (nSPS) is 34.0. The zero-order chi connectivity index (χ0) is 18.0. The van der Waals surface area contributed by atoms with Crippen molar-refractivity contribution in [3.05, 3.63) is 38.9 Å². The Hall–Kier alpha value is -2.72. The third-order valence-corrected chi connectivity index (χ3v) is 5.51. The number of nitrogens with zero attached hydrogens (tertiary/aromatic N) is 3. The van der Waals surface area contributed by atoms with Gasteiger partial charge < -0.3 is 9.47 Å². The molecule has 0 aromatic heterocycles. The first-order valence-electron chi connectivity index (χ1n) is 7.35. The highest BCUT2D eigenvalue weighted by Gasteiger charge is 2.97. The Morgan fingerprint density at radius 2 is 2.04 bits per heavy atom. The van der Waals surface area contributed by atoms with E-state index in [0.717, 1.165) is 0 Å². The number of ether oxygens (including phenoxy) is 2. The Labute approximate surface area is 146 Å². The summed E-state index contributed by atoms with van der Waals surface area (Å²) in [6.07, 6.45) is 0. The van der Waals surface area contributed by atoms with Gasteiger partial charge in [-0.25, -0.2) is 4.99 Å². The number of amidine groups is 1. The van der Waals surface area contributed by atoms with E-state index >= 15 is 0 Å². The van der Waals surface area contributed by atoms with E-state index < -0.39 is 27.6 Å². The van der Waals surface area contributed by atoms with E-state index in [1.807, 2.05) is 0 Å². The molecule has 3 atom stereocenters. The number of hydrogen-bond donors (Lipinski definition) is 2. The molecular formula is C15H11ClN5O4+. The third kappa shape index (κ3) is 1.51.